The number of thioether (sulfide) groups is 1. The number of hydrogen-bond acceptors (Lipinski definition) is 4. The normalized spacial score (nSPS) is 18.3. The molecular weight excluding hydrogens is 304 g/mol. The highest BCUT2D eigenvalue weighted by Gasteiger charge is 2.20. The van der Waals surface area contributed by atoms with Crippen molar-refractivity contribution in [3.05, 3.63) is 16.9 Å². The summed E-state index contributed by atoms with van der Waals surface area (Å²) < 4.78 is 1.97. The van der Waals surface area contributed by atoms with Gasteiger partial charge in [-0.05, 0) is 26.9 Å². The molecule has 21 heavy (non-hydrogen) atoms. The third-order valence-electron chi connectivity index (χ3n) is 4.01. The molecule has 0 amide bonds. The Balaban J connectivity index is 1.91. The van der Waals surface area contributed by atoms with Crippen LogP contribution in [0.25, 0.3) is 0 Å². The van der Waals surface area contributed by atoms with Gasteiger partial charge in [0.1, 0.15) is 0 Å². The van der Waals surface area contributed by atoms with E-state index in [1.54, 1.807) is 6.20 Å². The minimum absolute atomic E-state index is 0.0333. The van der Waals surface area contributed by atoms with Crippen molar-refractivity contribution in [1.82, 2.24) is 14.7 Å². The summed E-state index contributed by atoms with van der Waals surface area (Å²) in [6.45, 7) is 1.77. The van der Waals surface area contributed by atoms with Crippen LogP contribution in [-0.4, -0.2) is 46.3 Å². The molecule has 2 rings (SSSR count). The average molecular weight is 331 g/mol. The fourth-order valence-corrected chi connectivity index (χ4v) is 4.35. The molecule has 6 heteroatoms. The van der Waals surface area contributed by atoms with Crippen molar-refractivity contribution >= 4 is 23.4 Å². The van der Waals surface area contributed by atoms with E-state index in [4.69, 9.17) is 17.3 Å². The number of halogens is 1. The molecule has 4 nitrogen and oxygen atoms in total. The van der Waals surface area contributed by atoms with E-state index in [-0.39, 0.29) is 6.04 Å². The Bertz CT molecular complexity index is 429. The summed E-state index contributed by atoms with van der Waals surface area (Å²) >= 11 is 8.30. The molecule has 0 saturated heterocycles. The first-order valence-electron chi connectivity index (χ1n) is 7.81. The van der Waals surface area contributed by atoms with Gasteiger partial charge in [0.15, 0.2) is 0 Å². The Morgan fingerprint density at radius 1 is 1.43 bits per heavy atom. The molecule has 0 spiro atoms. The number of aromatic nitrogens is 2. The minimum atomic E-state index is -0.0333. The van der Waals surface area contributed by atoms with Crippen LogP contribution < -0.4 is 5.73 Å². The minimum Gasteiger partial charge on any atom is -0.322 e. The summed E-state index contributed by atoms with van der Waals surface area (Å²) in [4.78, 5) is 2.14. The Morgan fingerprint density at radius 3 is 2.81 bits per heavy atom. The quantitative estimate of drug-likeness (QED) is 0.834. The first-order chi connectivity index (χ1) is 10.1. The van der Waals surface area contributed by atoms with Crippen molar-refractivity contribution in [2.45, 2.75) is 49.9 Å². The summed E-state index contributed by atoms with van der Waals surface area (Å²) in [5.74, 6) is 0.929. The van der Waals surface area contributed by atoms with Crippen LogP contribution in [0.5, 0.6) is 0 Å². The average Bonchev–Trinajstić information content (AvgIpc) is 2.85. The zero-order valence-corrected chi connectivity index (χ0v) is 14.7. The standard InChI is InChI=1S/C15H27ClN4S/c1-19(2)8-9-20-15(13(16)10-18-20)14(17)11-21-12-6-4-3-5-7-12/h10,12,14H,3-9,11,17H2,1-2H3. The number of nitrogens with two attached hydrogens (primary N) is 1. The molecule has 0 aliphatic heterocycles. The van der Waals surface area contributed by atoms with Gasteiger partial charge in [-0.2, -0.15) is 16.9 Å². The fourth-order valence-electron chi connectivity index (χ4n) is 2.76. The molecule has 1 fully saturated rings. The predicted octanol–water partition coefficient (Wildman–Crippen LogP) is 3.16. The van der Waals surface area contributed by atoms with Gasteiger partial charge in [-0.25, -0.2) is 0 Å². The van der Waals surface area contributed by atoms with E-state index in [2.05, 4.69) is 24.1 Å². The third kappa shape index (κ3) is 5.16. The maximum atomic E-state index is 6.38. The molecule has 2 N–H and O–H groups in total. The Kier molecular flexibility index (Phi) is 6.86. The molecule has 1 saturated carbocycles. The molecule has 120 valence electrons. The molecule has 1 heterocycles. The van der Waals surface area contributed by atoms with Crippen LogP contribution in [0.1, 0.15) is 43.8 Å². The van der Waals surface area contributed by atoms with Gasteiger partial charge in [-0.1, -0.05) is 30.9 Å². The van der Waals surface area contributed by atoms with Gasteiger partial charge < -0.3 is 10.6 Å². The van der Waals surface area contributed by atoms with E-state index in [0.29, 0.717) is 5.02 Å². The van der Waals surface area contributed by atoms with Crippen LogP contribution in [0, 0.1) is 0 Å². The molecule has 0 aromatic carbocycles. The summed E-state index contributed by atoms with van der Waals surface area (Å²) in [5.41, 5.74) is 7.37. The monoisotopic (exact) mass is 330 g/mol. The summed E-state index contributed by atoms with van der Waals surface area (Å²) in [6.07, 6.45) is 8.53. The molecule has 1 aromatic heterocycles. The first-order valence-corrected chi connectivity index (χ1v) is 9.23. The molecule has 0 radical (unpaired) electrons. The zero-order valence-electron chi connectivity index (χ0n) is 13.1. The van der Waals surface area contributed by atoms with Crippen LogP contribution in [0.4, 0.5) is 0 Å². The highest BCUT2D eigenvalue weighted by atomic mass is 35.5. The molecule has 1 atom stereocenters. The number of hydrogen-bond donors (Lipinski definition) is 1. The topological polar surface area (TPSA) is 47.1 Å². The van der Waals surface area contributed by atoms with E-state index in [9.17, 15) is 0 Å². The molecule has 1 aliphatic carbocycles. The van der Waals surface area contributed by atoms with Crippen LogP contribution >= 0.6 is 23.4 Å². The number of likely N-dealkylation sites (N-methyl/N-ethyl adjacent to an activating group) is 1. The van der Waals surface area contributed by atoms with E-state index < -0.39 is 0 Å². The number of nitrogens with zero attached hydrogens (tertiary/aromatic N) is 3. The van der Waals surface area contributed by atoms with Crippen molar-refractivity contribution in [3.63, 3.8) is 0 Å². The molecule has 1 aliphatic rings. The number of rotatable bonds is 7. The lowest BCUT2D eigenvalue weighted by molar-refractivity contribution is 0.367. The predicted molar refractivity (Wildman–Crippen MR) is 92.1 cm³/mol. The van der Waals surface area contributed by atoms with Crippen molar-refractivity contribution in [2.24, 2.45) is 5.73 Å². The summed E-state index contributed by atoms with van der Waals surface area (Å²) in [5, 5.41) is 5.85. The Labute approximate surface area is 137 Å². The van der Waals surface area contributed by atoms with Crippen molar-refractivity contribution in [1.29, 1.82) is 0 Å². The van der Waals surface area contributed by atoms with Crippen LogP contribution in [0.15, 0.2) is 6.20 Å². The van der Waals surface area contributed by atoms with Crippen LogP contribution in [0.3, 0.4) is 0 Å². The van der Waals surface area contributed by atoms with Gasteiger partial charge in [0.2, 0.25) is 0 Å². The van der Waals surface area contributed by atoms with Crippen molar-refractivity contribution in [2.75, 3.05) is 26.4 Å². The maximum absolute atomic E-state index is 6.38. The Hall–Kier alpha value is -0.230. The highest BCUT2D eigenvalue weighted by Crippen LogP contribution is 2.31. The largest absolute Gasteiger partial charge is 0.322 e. The molecular formula is C15H27ClN4S. The van der Waals surface area contributed by atoms with Crippen LogP contribution in [-0.2, 0) is 6.54 Å². The van der Waals surface area contributed by atoms with Gasteiger partial charge in [0.25, 0.3) is 0 Å². The van der Waals surface area contributed by atoms with Gasteiger partial charge in [-0.3, -0.25) is 4.68 Å². The third-order valence-corrected chi connectivity index (χ3v) is 5.79. The van der Waals surface area contributed by atoms with E-state index >= 15 is 0 Å². The van der Waals surface area contributed by atoms with Crippen molar-refractivity contribution in [3.8, 4) is 0 Å². The highest BCUT2D eigenvalue weighted by molar-refractivity contribution is 7.99. The van der Waals surface area contributed by atoms with E-state index in [1.807, 2.05) is 16.4 Å². The van der Waals surface area contributed by atoms with Crippen molar-refractivity contribution < 1.29 is 0 Å². The molecule has 1 unspecified atom stereocenters. The molecule has 0 bridgehead atoms. The maximum Gasteiger partial charge on any atom is 0.0834 e. The summed E-state index contributed by atoms with van der Waals surface area (Å²) in [7, 11) is 4.12. The first kappa shape index (κ1) is 17.1. The second-order valence-electron chi connectivity index (χ2n) is 6.10. The van der Waals surface area contributed by atoms with Crippen LogP contribution in [0.2, 0.25) is 5.02 Å². The van der Waals surface area contributed by atoms with Gasteiger partial charge in [0, 0.05) is 17.5 Å². The smallest absolute Gasteiger partial charge is 0.0834 e. The second-order valence-corrected chi connectivity index (χ2v) is 7.84. The lowest BCUT2D eigenvalue weighted by atomic mass is 10.0. The zero-order chi connectivity index (χ0) is 15.2. The molecule has 1 aromatic rings. The SMILES string of the molecule is CN(C)CCn1ncc(Cl)c1C(N)CSC1CCCCC1. The van der Waals surface area contributed by atoms with Gasteiger partial charge >= 0.3 is 0 Å². The van der Waals surface area contributed by atoms with Gasteiger partial charge in [-0.15, -0.1) is 0 Å². The van der Waals surface area contributed by atoms with E-state index in [0.717, 1.165) is 29.8 Å². The summed E-state index contributed by atoms with van der Waals surface area (Å²) in [6, 6.07) is -0.0333. The second kappa shape index (κ2) is 8.42. The lowest BCUT2D eigenvalue weighted by Gasteiger charge is -2.23. The fraction of sp³-hybridized carbons (Fsp3) is 0.800. The lowest BCUT2D eigenvalue weighted by Crippen LogP contribution is -2.24. The van der Waals surface area contributed by atoms with E-state index in [1.165, 1.54) is 32.1 Å². The van der Waals surface area contributed by atoms with Gasteiger partial charge in [0.05, 0.1) is 29.5 Å². The Morgan fingerprint density at radius 2 is 2.14 bits per heavy atom.